The molecule has 0 radical (unpaired) electrons. The molecular weight excluding hydrogens is 532 g/mol. The number of nitrogens with zero attached hydrogens (tertiary/aromatic N) is 2. The fourth-order valence-electron chi connectivity index (χ4n) is 6.47. The zero-order valence-electron chi connectivity index (χ0n) is 25.1. The largest absolute Gasteiger partial charge is 0.465 e. The minimum absolute atomic E-state index is 0.000426. The SMILES string of the molecule is CCOC(=O)CN1C(=CC2C(=O)C(=CC3=[N+](CC(=O)OCC)c4ccccc4C3(C)C)C2O)C(C)(C)c2ccccc21. The molecule has 1 saturated carbocycles. The van der Waals surface area contributed by atoms with E-state index in [-0.39, 0.29) is 44.0 Å². The van der Waals surface area contributed by atoms with Crippen LogP contribution in [0.4, 0.5) is 11.4 Å². The highest BCUT2D eigenvalue weighted by Gasteiger charge is 2.50. The highest BCUT2D eigenvalue weighted by molar-refractivity contribution is 6.14. The Bertz CT molecular complexity index is 1550. The van der Waals surface area contributed by atoms with Gasteiger partial charge in [-0.15, -0.1) is 0 Å². The molecule has 2 aromatic rings. The molecule has 2 aliphatic heterocycles. The third kappa shape index (κ3) is 4.77. The lowest BCUT2D eigenvalue weighted by Gasteiger charge is -2.35. The van der Waals surface area contributed by atoms with Crippen molar-refractivity contribution in [1.29, 1.82) is 0 Å². The van der Waals surface area contributed by atoms with Crippen LogP contribution in [-0.4, -0.2) is 65.5 Å². The van der Waals surface area contributed by atoms with Gasteiger partial charge in [0.1, 0.15) is 6.54 Å². The number of para-hydroxylation sites is 2. The fraction of sp³-hybridized carbons (Fsp3) is 0.412. The number of rotatable bonds is 8. The Morgan fingerprint density at radius 2 is 1.55 bits per heavy atom. The van der Waals surface area contributed by atoms with Gasteiger partial charge in [0.25, 0.3) is 0 Å². The minimum Gasteiger partial charge on any atom is -0.465 e. The Labute approximate surface area is 246 Å². The number of benzene rings is 2. The van der Waals surface area contributed by atoms with E-state index in [1.54, 1.807) is 26.0 Å². The molecule has 0 aromatic heterocycles. The van der Waals surface area contributed by atoms with Crippen molar-refractivity contribution in [1.82, 2.24) is 0 Å². The Balaban J connectivity index is 1.51. The normalized spacial score (nSPS) is 23.6. The molecule has 2 heterocycles. The van der Waals surface area contributed by atoms with E-state index >= 15 is 0 Å². The number of carbonyl (C=O) groups excluding carboxylic acids is 3. The first-order valence-electron chi connectivity index (χ1n) is 14.5. The van der Waals surface area contributed by atoms with Crippen molar-refractivity contribution in [3.05, 3.63) is 83.1 Å². The number of allylic oxidation sites excluding steroid dienone is 2. The van der Waals surface area contributed by atoms with Crippen LogP contribution < -0.4 is 4.90 Å². The molecule has 0 spiro atoms. The second-order valence-electron chi connectivity index (χ2n) is 11.9. The molecule has 1 aliphatic carbocycles. The average Bonchev–Trinajstić information content (AvgIpc) is 3.29. The average molecular weight is 572 g/mol. The predicted octanol–water partition coefficient (Wildman–Crippen LogP) is 4.36. The molecule has 1 N–H and O–H groups in total. The summed E-state index contributed by atoms with van der Waals surface area (Å²) in [6.07, 6.45) is 2.51. The van der Waals surface area contributed by atoms with Gasteiger partial charge in [-0.05, 0) is 39.3 Å². The third-order valence-corrected chi connectivity index (χ3v) is 8.66. The highest BCUT2D eigenvalue weighted by atomic mass is 16.5. The van der Waals surface area contributed by atoms with Crippen molar-refractivity contribution < 1.29 is 33.5 Å². The van der Waals surface area contributed by atoms with Gasteiger partial charge in [0.05, 0.1) is 30.7 Å². The monoisotopic (exact) mass is 571 g/mol. The maximum Gasteiger partial charge on any atom is 0.372 e. The molecule has 2 atom stereocenters. The van der Waals surface area contributed by atoms with Crippen molar-refractivity contribution in [2.24, 2.45) is 5.92 Å². The zero-order valence-corrected chi connectivity index (χ0v) is 25.1. The number of esters is 2. The van der Waals surface area contributed by atoms with Crippen LogP contribution in [0.2, 0.25) is 0 Å². The highest BCUT2D eigenvalue weighted by Crippen LogP contribution is 2.49. The Kier molecular flexibility index (Phi) is 7.70. The number of aliphatic hydroxyl groups is 1. The quantitative estimate of drug-likeness (QED) is 0.286. The molecule has 8 heteroatoms. The van der Waals surface area contributed by atoms with E-state index in [2.05, 4.69) is 13.8 Å². The van der Waals surface area contributed by atoms with Crippen molar-refractivity contribution in [2.75, 3.05) is 31.2 Å². The predicted molar refractivity (Wildman–Crippen MR) is 160 cm³/mol. The van der Waals surface area contributed by atoms with Crippen LogP contribution in [0.5, 0.6) is 0 Å². The lowest BCUT2D eigenvalue weighted by atomic mass is 9.71. The van der Waals surface area contributed by atoms with Crippen LogP contribution in [0, 0.1) is 5.92 Å². The standard InChI is InChI=1S/C34H39N2O6/c1-7-41-29(37)19-35-25-15-11-9-13-23(25)33(3,4)27(35)17-21-31(39)22(32(21)40)18-28-34(5,6)24-14-10-12-16-26(24)36(28)20-30(38)42-8-2/h9-18,21,31,39H,7-8,19-20H2,1-6H3/q+1. The smallest absolute Gasteiger partial charge is 0.372 e. The summed E-state index contributed by atoms with van der Waals surface area (Å²) in [5, 5.41) is 11.4. The number of hydrogen-bond donors (Lipinski definition) is 1. The lowest BCUT2D eigenvalue weighted by Crippen LogP contribution is -2.46. The minimum atomic E-state index is -1.04. The first-order chi connectivity index (χ1) is 19.9. The molecule has 42 heavy (non-hydrogen) atoms. The van der Waals surface area contributed by atoms with Gasteiger partial charge in [0, 0.05) is 40.1 Å². The van der Waals surface area contributed by atoms with Gasteiger partial charge < -0.3 is 19.5 Å². The van der Waals surface area contributed by atoms with E-state index in [9.17, 15) is 19.5 Å². The summed E-state index contributed by atoms with van der Waals surface area (Å²) in [6.45, 7) is 12.3. The molecule has 5 rings (SSSR count). The number of ether oxygens (including phenoxy) is 2. The number of carbonyl (C=O) groups is 3. The summed E-state index contributed by atoms with van der Waals surface area (Å²) in [5.41, 5.74) is 4.65. The zero-order chi connectivity index (χ0) is 30.4. The molecule has 3 aliphatic rings. The summed E-state index contributed by atoms with van der Waals surface area (Å²) < 4.78 is 12.4. The van der Waals surface area contributed by atoms with Crippen molar-refractivity contribution >= 4 is 34.8 Å². The van der Waals surface area contributed by atoms with Crippen LogP contribution in [0.25, 0.3) is 0 Å². The van der Waals surface area contributed by atoms with E-state index in [1.807, 2.05) is 71.9 Å². The summed E-state index contributed by atoms with van der Waals surface area (Å²) in [5.74, 6) is -1.68. The Hall–Kier alpha value is -4.04. The molecular formula is C34H39N2O6+. The molecule has 0 saturated heterocycles. The molecule has 2 aromatic carbocycles. The third-order valence-electron chi connectivity index (χ3n) is 8.66. The molecule has 1 fully saturated rings. The number of aliphatic hydroxyl groups excluding tert-OH is 1. The second kappa shape index (κ2) is 11.0. The number of ketones is 1. The van der Waals surface area contributed by atoms with E-state index in [1.165, 1.54) is 0 Å². The summed E-state index contributed by atoms with van der Waals surface area (Å²) >= 11 is 0. The van der Waals surface area contributed by atoms with Crippen LogP contribution in [0.1, 0.15) is 52.7 Å². The molecule has 0 bridgehead atoms. The van der Waals surface area contributed by atoms with E-state index in [4.69, 9.17) is 9.47 Å². The molecule has 220 valence electrons. The summed E-state index contributed by atoms with van der Waals surface area (Å²) in [7, 11) is 0. The van der Waals surface area contributed by atoms with Gasteiger partial charge in [-0.3, -0.25) is 9.59 Å². The summed E-state index contributed by atoms with van der Waals surface area (Å²) in [6, 6.07) is 15.7. The molecule has 8 nitrogen and oxygen atoms in total. The van der Waals surface area contributed by atoms with Crippen LogP contribution in [0.3, 0.4) is 0 Å². The van der Waals surface area contributed by atoms with E-state index < -0.39 is 22.9 Å². The van der Waals surface area contributed by atoms with Crippen molar-refractivity contribution in [2.45, 2.75) is 58.5 Å². The molecule has 0 amide bonds. The number of Topliss-reactive ketones (excluding diaryl/α,β-unsaturated/α-hetero) is 1. The van der Waals surface area contributed by atoms with Gasteiger partial charge in [-0.25, -0.2) is 4.79 Å². The van der Waals surface area contributed by atoms with Gasteiger partial charge in [-0.2, -0.15) is 4.58 Å². The Morgan fingerprint density at radius 1 is 0.929 bits per heavy atom. The van der Waals surface area contributed by atoms with Crippen LogP contribution >= 0.6 is 0 Å². The number of fused-ring (bicyclic) bond motifs is 2. The van der Waals surface area contributed by atoms with Gasteiger partial charge in [0.15, 0.2) is 11.5 Å². The Morgan fingerprint density at radius 3 is 2.21 bits per heavy atom. The van der Waals surface area contributed by atoms with Gasteiger partial charge >= 0.3 is 11.9 Å². The molecule has 2 unspecified atom stereocenters. The maximum absolute atomic E-state index is 13.7. The van der Waals surface area contributed by atoms with Crippen LogP contribution in [-0.2, 0) is 34.7 Å². The number of anilines is 1. The van der Waals surface area contributed by atoms with Crippen molar-refractivity contribution in [3.8, 4) is 0 Å². The topological polar surface area (TPSA) is 96.2 Å². The fourth-order valence-corrected chi connectivity index (χ4v) is 6.47. The van der Waals surface area contributed by atoms with Crippen LogP contribution in [0.15, 0.2) is 72.0 Å². The van der Waals surface area contributed by atoms with Gasteiger partial charge in [0.2, 0.25) is 12.2 Å². The second-order valence-corrected chi connectivity index (χ2v) is 11.9. The maximum atomic E-state index is 13.7. The summed E-state index contributed by atoms with van der Waals surface area (Å²) in [4.78, 5) is 40.7. The number of hydrogen-bond acceptors (Lipinski definition) is 7. The van der Waals surface area contributed by atoms with Gasteiger partial charge in [-0.1, -0.05) is 56.3 Å². The first-order valence-corrected chi connectivity index (χ1v) is 14.5. The van der Waals surface area contributed by atoms with E-state index in [0.29, 0.717) is 5.57 Å². The van der Waals surface area contributed by atoms with E-state index in [0.717, 1.165) is 33.9 Å². The lowest BCUT2D eigenvalue weighted by molar-refractivity contribution is -0.428. The first kappa shape index (κ1) is 29.5. The van der Waals surface area contributed by atoms with Crippen molar-refractivity contribution in [3.63, 3.8) is 0 Å².